The number of rotatable bonds is 3. The molecule has 17 heavy (non-hydrogen) atoms. The fraction of sp³-hybridized carbons (Fsp3) is 0.182. The highest BCUT2D eigenvalue weighted by Crippen LogP contribution is 2.29. The van der Waals surface area contributed by atoms with Crippen LogP contribution in [0, 0.1) is 0 Å². The third-order valence-electron chi connectivity index (χ3n) is 1.98. The first kappa shape index (κ1) is 12.0. The first-order valence-electron chi connectivity index (χ1n) is 4.98. The number of aromatic nitrogens is 2. The summed E-state index contributed by atoms with van der Waals surface area (Å²) in [5.41, 5.74) is 0.766. The standard InChI is InChI=1S/C11H9ClN2O2S/c1-2-16-11(15)10-14-13-9(17-10)7-5-3-4-6-8(7)12/h3-6H,2H2,1H3. The van der Waals surface area contributed by atoms with Gasteiger partial charge in [0, 0.05) is 5.56 Å². The summed E-state index contributed by atoms with van der Waals surface area (Å²) in [7, 11) is 0. The Hall–Kier alpha value is -1.46. The van der Waals surface area contributed by atoms with E-state index in [9.17, 15) is 4.79 Å². The molecule has 2 rings (SSSR count). The number of benzene rings is 1. The third-order valence-corrected chi connectivity index (χ3v) is 3.25. The van der Waals surface area contributed by atoms with Crippen LogP contribution in [0.15, 0.2) is 24.3 Å². The second kappa shape index (κ2) is 5.25. The number of esters is 1. The van der Waals surface area contributed by atoms with Crippen molar-refractivity contribution in [3.8, 4) is 10.6 Å². The van der Waals surface area contributed by atoms with Gasteiger partial charge in [0.15, 0.2) is 0 Å². The molecule has 1 aromatic heterocycles. The molecule has 88 valence electrons. The lowest BCUT2D eigenvalue weighted by Crippen LogP contribution is -2.03. The van der Waals surface area contributed by atoms with Crippen LogP contribution in [0.1, 0.15) is 16.7 Å². The molecule has 0 aliphatic heterocycles. The van der Waals surface area contributed by atoms with E-state index in [1.54, 1.807) is 13.0 Å². The van der Waals surface area contributed by atoms with Crippen LogP contribution in [0.2, 0.25) is 5.02 Å². The van der Waals surface area contributed by atoms with Gasteiger partial charge in [0.2, 0.25) is 5.01 Å². The van der Waals surface area contributed by atoms with Gasteiger partial charge in [0.1, 0.15) is 5.01 Å². The molecule has 2 aromatic rings. The summed E-state index contributed by atoms with van der Waals surface area (Å²) in [4.78, 5) is 11.4. The highest BCUT2D eigenvalue weighted by Gasteiger charge is 2.15. The van der Waals surface area contributed by atoms with Gasteiger partial charge >= 0.3 is 5.97 Å². The van der Waals surface area contributed by atoms with Gasteiger partial charge in [0.25, 0.3) is 0 Å². The molecule has 0 unspecified atom stereocenters. The van der Waals surface area contributed by atoms with Gasteiger partial charge in [0.05, 0.1) is 11.6 Å². The molecular formula is C11H9ClN2O2S. The van der Waals surface area contributed by atoms with Crippen molar-refractivity contribution >= 4 is 28.9 Å². The average molecular weight is 269 g/mol. The first-order valence-corrected chi connectivity index (χ1v) is 6.17. The van der Waals surface area contributed by atoms with Crippen LogP contribution in [-0.2, 0) is 4.74 Å². The summed E-state index contributed by atoms with van der Waals surface area (Å²) < 4.78 is 4.84. The maximum atomic E-state index is 11.4. The molecule has 0 amide bonds. The van der Waals surface area contributed by atoms with Gasteiger partial charge in [-0.1, -0.05) is 41.1 Å². The first-order chi connectivity index (χ1) is 8.22. The lowest BCUT2D eigenvalue weighted by Gasteiger charge is -1.97. The normalized spacial score (nSPS) is 10.2. The van der Waals surface area contributed by atoms with E-state index in [4.69, 9.17) is 16.3 Å². The monoisotopic (exact) mass is 268 g/mol. The zero-order valence-electron chi connectivity index (χ0n) is 9.01. The second-order valence-electron chi connectivity index (χ2n) is 3.11. The molecule has 1 aromatic carbocycles. The largest absolute Gasteiger partial charge is 0.461 e. The lowest BCUT2D eigenvalue weighted by atomic mass is 10.2. The highest BCUT2D eigenvalue weighted by atomic mass is 35.5. The van der Waals surface area contributed by atoms with Crippen molar-refractivity contribution in [3.63, 3.8) is 0 Å². The van der Waals surface area contributed by atoms with E-state index in [1.165, 1.54) is 11.3 Å². The van der Waals surface area contributed by atoms with Crippen LogP contribution in [-0.4, -0.2) is 22.8 Å². The van der Waals surface area contributed by atoms with E-state index >= 15 is 0 Å². The Balaban J connectivity index is 2.30. The summed E-state index contributed by atoms with van der Waals surface area (Å²) in [6.45, 7) is 2.06. The van der Waals surface area contributed by atoms with E-state index in [0.717, 1.165) is 5.56 Å². The molecule has 0 aliphatic rings. The fourth-order valence-electron chi connectivity index (χ4n) is 1.24. The molecule has 0 N–H and O–H groups in total. The Morgan fingerprint density at radius 3 is 2.88 bits per heavy atom. The molecule has 0 aliphatic carbocycles. The Kier molecular flexibility index (Phi) is 3.71. The van der Waals surface area contributed by atoms with Gasteiger partial charge in [-0.25, -0.2) is 4.79 Å². The van der Waals surface area contributed by atoms with Crippen molar-refractivity contribution in [2.75, 3.05) is 6.61 Å². The number of nitrogens with zero attached hydrogens (tertiary/aromatic N) is 2. The maximum absolute atomic E-state index is 11.4. The molecule has 0 saturated heterocycles. The predicted octanol–water partition coefficient (Wildman–Crippen LogP) is 3.04. The third kappa shape index (κ3) is 2.62. The van der Waals surface area contributed by atoms with Crippen molar-refractivity contribution in [2.45, 2.75) is 6.92 Å². The topological polar surface area (TPSA) is 52.1 Å². The summed E-state index contributed by atoms with van der Waals surface area (Å²) in [6.07, 6.45) is 0. The van der Waals surface area contributed by atoms with Gasteiger partial charge in [-0.2, -0.15) is 0 Å². The summed E-state index contributed by atoms with van der Waals surface area (Å²) >= 11 is 7.20. The van der Waals surface area contributed by atoms with Gasteiger partial charge < -0.3 is 4.74 Å². The van der Waals surface area contributed by atoms with Crippen molar-refractivity contribution < 1.29 is 9.53 Å². The zero-order valence-corrected chi connectivity index (χ0v) is 10.6. The minimum absolute atomic E-state index is 0.238. The van der Waals surface area contributed by atoms with E-state index in [2.05, 4.69) is 10.2 Å². The van der Waals surface area contributed by atoms with Crippen LogP contribution in [0.25, 0.3) is 10.6 Å². The van der Waals surface area contributed by atoms with Gasteiger partial charge in [-0.05, 0) is 13.0 Å². The number of carbonyl (C=O) groups is 1. The van der Waals surface area contributed by atoms with E-state index < -0.39 is 5.97 Å². The smallest absolute Gasteiger partial charge is 0.369 e. The van der Waals surface area contributed by atoms with Crippen LogP contribution in [0.3, 0.4) is 0 Å². The lowest BCUT2D eigenvalue weighted by molar-refractivity contribution is 0.0525. The van der Waals surface area contributed by atoms with Gasteiger partial charge in [-0.15, -0.1) is 10.2 Å². The number of hydrogen-bond acceptors (Lipinski definition) is 5. The molecule has 4 nitrogen and oxygen atoms in total. The van der Waals surface area contributed by atoms with E-state index in [-0.39, 0.29) is 5.01 Å². The molecule has 1 heterocycles. The number of hydrogen-bond donors (Lipinski definition) is 0. The SMILES string of the molecule is CCOC(=O)c1nnc(-c2ccccc2Cl)s1. The molecular weight excluding hydrogens is 260 g/mol. The number of halogens is 1. The predicted molar refractivity (Wildman–Crippen MR) is 66.3 cm³/mol. The quantitative estimate of drug-likeness (QED) is 0.803. The second-order valence-corrected chi connectivity index (χ2v) is 4.50. The Morgan fingerprint density at radius 2 is 2.18 bits per heavy atom. The number of ether oxygens (including phenoxy) is 1. The van der Waals surface area contributed by atoms with Crippen LogP contribution < -0.4 is 0 Å². The molecule has 0 atom stereocenters. The molecule has 0 saturated carbocycles. The van der Waals surface area contributed by atoms with Gasteiger partial charge in [-0.3, -0.25) is 0 Å². The summed E-state index contributed by atoms with van der Waals surface area (Å²) in [6, 6.07) is 7.28. The Bertz CT molecular complexity index is 542. The fourth-order valence-corrected chi connectivity index (χ4v) is 2.30. The van der Waals surface area contributed by atoms with Crippen LogP contribution in [0.5, 0.6) is 0 Å². The Labute approximate surface area is 107 Å². The van der Waals surface area contributed by atoms with Crippen molar-refractivity contribution in [3.05, 3.63) is 34.3 Å². The van der Waals surface area contributed by atoms with Crippen molar-refractivity contribution in [1.82, 2.24) is 10.2 Å². The zero-order chi connectivity index (χ0) is 12.3. The van der Waals surface area contributed by atoms with Crippen LogP contribution in [0.4, 0.5) is 0 Å². The highest BCUT2D eigenvalue weighted by molar-refractivity contribution is 7.16. The summed E-state index contributed by atoms with van der Waals surface area (Å²) in [5, 5.41) is 9.15. The minimum Gasteiger partial charge on any atom is -0.461 e. The molecule has 6 heteroatoms. The van der Waals surface area contributed by atoms with Crippen LogP contribution >= 0.6 is 22.9 Å². The molecule has 0 fully saturated rings. The maximum Gasteiger partial charge on any atom is 0.369 e. The van der Waals surface area contributed by atoms with Crippen molar-refractivity contribution in [2.24, 2.45) is 0 Å². The number of carbonyl (C=O) groups excluding carboxylic acids is 1. The molecule has 0 bridgehead atoms. The van der Waals surface area contributed by atoms with E-state index in [1.807, 2.05) is 18.2 Å². The summed E-state index contributed by atoms with van der Waals surface area (Å²) in [5.74, 6) is -0.455. The molecule has 0 radical (unpaired) electrons. The molecule has 0 spiro atoms. The average Bonchev–Trinajstić information content (AvgIpc) is 2.79. The minimum atomic E-state index is -0.455. The van der Waals surface area contributed by atoms with Crippen molar-refractivity contribution in [1.29, 1.82) is 0 Å². The van der Waals surface area contributed by atoms with E-state index in [0.29, 0.717) is 16.6 Å². The Morgan fingerprint density at radius 1 is 1.41 bits per heavy atom.